The van der Waals surface area contributed by atoms with E-state index in [4.69, 9.17) is 16.3 Å². The van der Waals surface area contributed by atoms with Crippen LogP contribution in [0.15, 0.2) is 18.2 Å². The van der Waals surface area contributed by atoms with Crippen LogP contribution in [-0.4, -0.2) is 7.11 Å². The van der Waals surface area contributed by atoms with E-state index in [2.05, 4.69) is 22.6 Å². The van der Waals surface area contributed by atoms with Crippen molar-refractivity contribution < 1.29 is 4.74 Å². The molecule has 0 bridgehead atoms. The maximum Gasteiger partial charge on any atom is 0.120 e. The zero-order valence-electron chi connectivity index (χ0n) is 5.40. The van der Waals surface area contributed by atoms with Crippen molar-refractivity contribution in [2.45, 2.75) is 0 Å². The Bertz CT molecular complexity index is 237. The van der Waals surface area contributed by atoms with Crippen LogP contribution in [0.2, 0.25) is 5.02 Å². The van der Waals surface area contributed by atoms with Crippen LogP contribution in [0.4, 0.5) is 0 Å². The van der Waals surface area contributed by atoms with Gasteiger partial charge in [0.05, 0.1) is 12.1 Å². The average molecular weight is 268 g/mol. The molecule has 0 unspecified atom stereocenters. The Morgan fingerprint density at radius 3 is 2.70 bits per heavy atom. The molecule has 0 fully saturated rings. The van der Waals surface area contributed by atoms with Gasteiger partial charge in [-0.1, -0.05) is 11.6 Å². The van der Waals surface area contributed by atoms with Crippen LogP contribution in [0.25, 0.3) is 0 Å². The normalized spacial score (nSPS) is 9.50. The summed E-state index contributed by atoms with van der Waals surface area (Å²) in [5.41, 5.74) is 0. The lowest BCUT2D eigenvalue weighted by Gasteiger charge is -1.99. The van der Waals surface area contributed by atoms with E-state index in [1.807, 2.05) is 12.1 Å². The average Bonchev–Trinajstić information content (AvgIpc) is 1.95. The molecule has 0 heterocycles. The van der Waals surface area contributed by atoms with E-state index >= 15 is 0 Å². The summed E-state index contributed by atoms with van der Waals surface area (Å²) in [6.45, 7) is 0. The van der Waals surface area contributed by atoms with E-state index in [1.54, 1.807) is 13.2 Å². The number of hydrogen-bond donors (Lipinski definition) is 0. The summed E-state index contributed by atoms with van der Waals surface area (Å²) >= 11 is 7.97. The number of hydrogen-bond acceptors (Lipinski definition) is 1. The molecule has 10 heavy (non-hydrogen) atoms. The molecule has 0 spiro atoms. The molecule has 54 valence electrons. The van der Waals surface area contributed by atoms with Crippen molar-refractivity contribution in [3.8, 4) is 5.75 Å². The first-order valence-electron chi connectivity index (χ1n) is 2.73. The van der Waals surface area contributed by atoms with Crippen molar-refractivity contribution in [3.05, 3.63) is 26.8 Å². The summed E-state index contributed by atoms with van der Waals surface area (Å²) in [6, 6.07) is 5.60. The molecule has 3 heteroatoms. The minimum absolute atomic E-state index is 0.736. The van der Waals surface area contributed by atoms with Gasteiger partial charge in [0.25, 0.3) is 0 Å². The minimum atomic E-state index is 0.736. The Morgan fingerprint density at radius 2 is 2.20 bits per heavy atom. The van der Waals surface area contributed by atoms with Crippen molar-refractivity contribution >= 4 is 34.2 Å². The lowest BCUT2D eigenvalue weighted by Crippen LogP contribution is -1.82. The van der Waals surface area contributed by atoms with Crippen molar-refractivity contribution in [1.82, 2.24) is 0 Å². The van der Waals surface area contributed by atoms with Crippen LogP contribution in [-0.2, 0) is 0 Å². The second kappa shape index (κ2) is 3.44. The molecular formula is C7H6ClIO. The minimum Gasteiger partial charge on any atom is -0.497 e. The third kappa shape index (κ3) is 1.76. The van der Waals surface area contributed by atoms with E-state index in [9.17, 15) is 0 Å². The Kier molecular flexibility index (Phi) is 2.80. The molecule has 0 saturated heterocycles. The van der Waals surface area contributed by atoms with Gasteiger partial charge in [0, 0.05) is 3.57 Å². The van der Waals surface area contributed by atoms with Gasteiger partial charge in [-0.05, 0) is 40.8 Å². The standard InChI is InChI=1S/C7H6ClIO/c1-10-5-2-3-7(9)6(8)4-5/h2-4H,1H3. The van der Waals surface area contributed by atoms with Crippen LogP contribution in [0.5, 0.6) is 5.75 Å². The molecule has 1 nitrogen and oxygen atoms in total. The van der Waals surface area contributed by atoms with E-state index in [0.717, 1.165) is 14.3 Å². The summed E-state index contributed by atoms with van der Waals surface area (Å²) in [7, 11) is 1.62. The highest BCUT2D eigenvalue weighted by atomic mass is 127. The molecule has 0 atom stereocenters. The first kappa shape index (κ1) is 8.14. The van der Waals surface area contributed by atoms with E-state index in [-0.39, 0.29) is 0 Å². The predicted octanol–water partition coefficient (Wildman–Crippen LogP) is 2.95. The Morgan fingerprint density at radius 1 is 1.50 bits per heavy atom. The second-order valence-corrected chi connectivity index (χ2v) is 3.35. The fraction of sp³-hybridized carbons (Fsp3) is 0.143. The first-order valence-corrected chi connectivity index (χ1v) is 4.19. The highest BCUT2D eigenvalue weighted by Crippen LogP contribution is 2.23. The molecule has 0 saturated carbocycles. The summed E-state index contributed by atoms with van der Waals surface area (Å²) < 4.78 is 6.00. The third-order valence-electron chi connectivity index (χ3n) is 1.13. The van der Waals surface area contributed by atoms with Gasteiger partial charge in [-0.25, -0.2) is 0 Å². The van der Waals surface area contributed by atoms with Gasteiger partial charge in [-0.15, -0.1) is 0 Å². The van der Waals surface area contributed by atoms with Gasteiger partial charge in [0.1, 0.15) is 5.75 Å². The summed E-state index contributed by atoms with van der Waals surface area (Å²) in [4.78, 5) is 0. The highest BCUT2D eigenvalue weighted by molar-refractivity contribution is 14.1. The van der Waals surface area contributed by atoms with Crippen LogP contribution in [0.3, 0.4) is 0 Å². The molecule has 0 aliphatic heterocycles. The van der Waals surface area contributed by atoms with Crippen LogP contribution < -0.4 is 4.74 Å². The lowest BCUT2D eigenvalue weighted by atomic mass is 10.3. The monoisotopic (exact) mass is 268 g/mol. The number of rotatable bonds is 1. The predicted molar refractivity (Wildman–Crippen MR) is 50.7 cm³/mol. The molecule has 0 aliphatic carbocycles. The third-order valence-corrected chi connectivity index (χ3v) is 2.70. The molecule has 1 rings (SSSR count). The van der Waals surface area contributed by atoms with E-state index in [0.29, 0.717) is 0 Å². The van der Waals surface area contributed by atoms with Crippen molar-refractivity contribution in [3.63, 3.8) is 0 Å². The fourth-order valence-corrected chi connectivity index (χ4v) is 1.11. The zero-order valence-corrected chi connectivity index (χ0v) is 8.31. The maximum atomic E-state index is 5.81. The van der Waals surface area contributed by atoms with Gasteiger partial charge in [-0.2, -0.15) is 0 Å². The summed E-state index contributed by atoms with van der Waals surface area (Å²) in [6.07, 6.45) is 0. The quantitative estimate of drug-likeness (QED) is 0.712. The number of halogens is 2. The molecule has 0 radical (unpaired) electrons. The van der Waals surface area contributed by atoms with Crippen molar-refractivity contribution in [2.24, 2.45) is 0 Å². The highest BCUT2D eigenvalue weighted by Gasteiger charge is 1.96. The van der Waals surface area contributed by atoms with Crippen LogP contribution in [0, 0.1) is 3.57 Å². The van der Waals surface area contributed by atoms with E-state index in [1.165, 1.54) is 0 Å². The largest absolute Gasteiger partial charge is 0.497 e. The van der Waals surface area contributed by atoms with Gasteiger partial charge >= 0.3 is 0 Å². The Labute approximate surface area is 78.5 Å². The van der Waals surface area contributed by atoms with Gasteiger partial charge in [0.2, 0.25) is 0 Å². The topological polar surface area (TPSA) is 9.23 Å². The fourth-order valence-electron chi connectivity index (χ4n) is 0.604. The van der Waals surface area contributed by atoms with Crippen LogP contribution >= 0.6 is 34.2 Å². The molecular weight excluding hydrogens is 262 g/mol. The number of ether oxygens (including phenoxy) is 1. The zero-order chi connectivity index (χ0) is 7.56. The van der Waals surface area contributed by atoms with Crippen LogP contribution in [0.1, 0.15) is 0 Å². The lowest BCUT2D eigenvalue weighted by molar-refractivity contribution is 0.415. The SMILES string of the molecule is COc1ccc(I)c(Cl)c1. The molecule has 1 aromatic carbocycles. The molecule has 0 N–H and O–H groups in total. The number of methoxy groups -OCH3 is 1. The van der Waals surface area contributed by atoms with Crippen molar-refractivity contribution in [1.29, 1.82) is 0 Å². The summed E-state index contributed by atoms with van der Waals surface area (Å²) in [5.74, 6) is 0.797. The smallest absolute Gasteiger partial charge is 0.120 e. The Hall–Kier alpha value is 0.0400. The van der Waals surface area contributed by atoms with Gasteiger partial charge in [0.15, 0.2) is 0 Å². The molecule has 0 aromatic heterocycles. The van der Waals surface area contributed by atoms with Crippen molar-refractivity contribution in [2.75, 3.05) is 7.11 Å². The molecule has 1 aromatic rings. The first-order chi connectivity index (χ1) is 4.74. The second-order valence-electron chi connectivity index (χ2n) is 1.78. The molecule has 0 amide bonds. The summed E-state index contributed by atoms with van der Waals surface area (Å²) in [5, 5.41) is 0.736. The maximum absolute atomic E-state index is 5.81. The molecule has 0 aliphatic rings. The van der Waals surface area contributed by atoms with Gasteiger partial charge in [-0.3, -0.25) is 0 Å². The Balaban J connectivity index is 3.04. The van der Waals surface area contributed by atoms with Gasteiger partial charge < -0.3 is 4.74 Å². The number of benzene rings is 1. The van der Waals surface area contributed by atoms with E-state index < -0.39 is 0 Å².